The molecule has 3 unspecified atom stereocenters. The highest BCUT2D eigenvalue weighted by Gasteiger charge is 2.33. The van der Waals surface area contributed by atoms with Crippen LogP contribution < -0.4 is 5.32 Å². The van der Waals surface area contributed by atoms with Gasteiger partial charge in [0, 0.05) is 11.7 Å². The third kappa shape index (κ3) is 3.02. The molecule has 0 saturated heterocycles. The van der Waals surface area contributed by atoms with Crippen LogP contribution in [0.2, 0.25) is 0 Å². The SMILES string of the molecule is CCNC1CCC(C(C)C)CC1n1cnc(C)c1C. The predicted molar refractivity (Wildman–Crippen MR) is 80.4 cm³/mol. The smallest absolute Gasteiger partial charge is 0.0954 e. The number of aromatic nitrogens is 2. The fourth-order valence-electron chi connectivity index (χ4n) is 3.44. The first kappa shape index (κ1) is 14.6. The molecule has 0 aliphatic heterocycles. The van der Waals surface area contributed by atoms with E-state index in [9.17, 15) is 0 Å². The average molecular weight is 263 g/mol. The lowest BCUT2D eigenvalue weighted by atomic mass is 9.76. The summed E-state index contributed by atoms with van der Waals surface area (Å²) in [6.07, 6.45) is 5.98. The largest absolute Gasteiger partial charge is 0.330 e. The molecule has 0 bridgehead atoms. The third-order valence-electron chi connectivity index (χ3n) is 4.91. The van der Waals surface area contributed by atoms with Gasteiger partial charge in [0.2, 0.25) is 0 Å². The number of imidazole rings is 1. The molecule has 3 atom stereocenters. The molecular weight excluding hydrogens is 234 g/mol. The summed E-state index contributed by atoms with van der Waals surface area (Å²) >= 11 is 0. The summed E-state index contributed by atoms with van der Waals surface area (Å²) in [5.41, 5.74) is 2.50. The Hall–Kier alpha value is -0.830. The van der Waals surface area contributed by atoms with E-state index >= 15 is 0 Å². The fraction of sp³-hybridized carbons (Fsp3) is 0.812. The van der Waals surface area contributed by atoms with Crippen molar-refractivity contribution in [2.75, 3.05) is 6.54 Å². The van der Waals surface area contributed by atoms with E-state index in [1.54, 1.807) is 0 Å². The number of hydrogen-bond donors (Lipinski definition) is 1. The van der Waals surface area contributed by atoms with E-state index in [2.05, 4.69) is 49.5 Å². The topological polar surface area (TPSA) is 29.9 Å². The van der Waals surface area contributed by atoms with Crippen LogP contribution >= 0.6 is 0 Å². The average Bonchev–Trinajstić information content (AvgIpc) is 2.71. The normalized spacial score (nSPS) is 28.0. The lowest BCUT2D eigenvalue weighted by Gasteiger charge is -2.39. The van der Waals surface area contributed by atoms with Crippen LogP contribution in [0, 0.1) is 25.7 Å². The van der Waals surface area contributed by atoms with E-state index in [-0.39, 0.29) is 0 Å². The van der Waals surface area contributed by atoms with Crippen LogP contribution in [0.25, 0.3) is 0 Å². The van der Waals surface area contributed by atoms with Gasteiger partial charge < -0.3 is 9.88 Å². The molecule has 1 saturated carbocycles. The van der Waals surface area contributed by atoms with Gasteiger partial charge in [-0.2, -0.15) is 0 Å². The molecule has 108 valence electrons. The van der Waals surface area contributed by atoms with E-state index in [4.69, 9.17) is 0 Å². The quantitative estimate of drug-likeness (QED) is 0.901. The van der Waals surface area contributed by atoms with Crippen molar-refractivity contribution < 1.29 is 0 Å². The summed E-state index contributed by atoms with van der Waals surface area (Å²) in [6, 6.07) is 1.18. The Morgan fingerprint density at radius 2 is 2.11 bits per heavy atom. The van der Waals surface area contributed by atoms with Crippen molar-refractivity contribution in [3.63, 3.8) is 0 Å². The predicted octanol–water partition coefficient (Wildman–Crippen LogP) is 3.48. The van der Waals surface area contributed by atoms with Gasteiger partial charge in [-0.05, 0) is 51.5 Å². The Labute approximate surface area is 117 Å². The Morgan fingerprint density at radius 3 is 2.63 bits per heavy atom. The molecule has 0 radical (unpaired) electrons. The summed E-state index contributed by atoms with van der Waals surface area (Å²) < 4.78 is 2.41. The minimum atomic E-state index is 0.572. The number of aryl methyl sites for hydroxylation is 1. The molecule has 2 rings (SSSR count). The van der Waals surface area contributed by atoms with Crippen LogP contribution in [0.1, 0.15) is 57.5 Å². The van der Waals surface area contributed by atoms with E-state index in [0.717, 1.165) is 18.4 Å². The molecule has 1 aliphatic rings. The number of rotatable bonds is 4. The number of nitrogens with zero attached hydrogens (tertiary/aromatic N) is 2. The standard InChI is InChI=1S/C16H29N3/c1-6-17-15-8-7-14(11(2)3)9-16(15)19-10-18-12(4)13(19)5/h10-11,14-17H,6-9H2,1-5H3. The van der Waals surface area contributed by atoms with Gasteiger partial charge in [0.1, 0.15) is 0 Å². The molecule has 1 aliphatic carbocycles. The first-order chi connectivity index (χ1) is 9.04. The van der Waals surface area contributed by atoms with E-state index in [0.29, 0.717) is 12.1 Å². The van der Waals surface area contributed by atoms with Crippen LogP contribution in [-0.4, -0.2) is 22.1 Å². The second-order valence-corrected chi connectivity index (χ2v) is 6.37. The van der Waals surface area contributed by atoms with Gasteiger partial charge in [-0.15, -0.1) is 0 Å². The molecule has 1 fully saturated rings. The highest BCUT2D eigenvalue weighted by Crippen LogP contribution is 2.37. The van der Waals surface area contributed by atoms with Crippen molar-refractivity contribution in [1.29, 1.82) is 0 Å². The zero-order chi connectivity index (χ0) is 14.0. The molecular formula is C16H29N3. The molecule has 1 N–H and O–H groups in total. The lowest BCUT2D eigenvalue weighted by molar-refractivity contribution is 0.171. The molecule has 1 heterocycles. The maximum atomic E-state index is 4.49. The Morgan fingerprint density at radius 1 is 1.37 bits per heavy atom. The summed E-state index contributed by atoms with van der Waals surface area (Å²) in [5.74, 6) is 1.64. The zero-order valence-corrected chi connectivity index (χ0v) is 13.1. The molecule has 0 aromatic carbocycles. The summed E-state index contributed by atoms with van der Waals surface area (Å²) in [4.78, 5) is 4.49. The van der Waals surface area contributed by atoms with E-state index < -0.39 is 0 Å². The maximum Gasteiger partial charge on any atom is 0.0954 e. The van der Waals surface area contributed by atoms with Crippen LogP contribution in [0.15, 0.2) is 6.33 Å². The van der Waals surface area contributed by atoms with Crippen molar-refractivity contribution in [3.05, 3.63) is 17.7 Å². The number of likely N-dealkylation sites (N-methyl/N-ethyl adjacent to an activating group) is 1. The number of hydrogen-bond acceptors (Lipinski definition) is 2. The first-order valence-electron chi connectivity index (χ1n) is 7.78. The van der Waals surface area contributed by atoms with Crippen molar-refractivity contribution in [2.45, 2.75) is 66.0 Å². The van der Waals surface area contributed by atoms with Gasteiger partial charge in [0.05, 0.1) is 18.1 Å². The maximum absolute atomic E-state index is 4.49. The lowest BCUT2D eigenvalue weighted by Crippen LogP contribution is -2.42. The number of nitrogens with one attached hydrogen (secondary N) is 1. The van der Waals surface area contributed by atoms with Crippen LogP contribution in [0.5, 0.6) is 0 Å². The Kier molecular flexibility index (Phi) is 4.67. The summed E-state index contributed by atoms with van der Waals surface area (Å²) in [6.45, 7) is 12.3. The van der Waals surface area contributed by atoms with Crippen molar-refractivity contribution in [3.8, 4) is 0 Å². The zero-order valence-electron chi connectivity index (χ0n) is 13.1. The molecule has 3 heteroatoms. The molecule has 0 spiro atoms. The summed E-state index contributed by atoms with van der Waals surface area (Å²) in [7, 11) is 0. The molecule has 19 heavy (non-hydrogen) atoms. The van der Waals surface area contributed by atoms with Crippen molar-refractivity contribution in [2.24, 2.45) is 11.8 Å². The minimum absolute atomic E-state index is 0.572. The van der Waals surface area contributed by atoms with Crippen LogP contribution in [0.3, 0.4) is 0 Å². The third-order valence-corrected chi connectivity index (χ3v) is 4.91. The molecule has 1 aromatic heterocycles. The van der Waals surface area contributed by atoms with Crippen molar-refractivity contribution >= 4 is 0 Å². The van der Waals surface area contributed by atoms with Crippen LogP contribution in [0.4, 0.5) is 0 Å². The van der Waals surface area contributed by atoms with Crippen LogP contribution in [-0.2, 0) is 0 Å². The highest BCUT2D eigenvalue weighted by molar-refractivity contribution is 5.11. The van der Waals surface area contributed by atoms with Gasteiger partial charge in [0.25, 0.3) is 0 Å². The second-order valence-electron chi connectivity index (χ2n) is 6.37. The minimum Gasteiger partial charge on any atom is -0.330 e. The monoisotopic (exact) mass is 263 g/mol. The molecule has 3 nitrogen and oxygen atoms in total. The van der Waals surface area contributed by atoms with Gasteiger partial charge in [-0.25, -0.2) is 4.98 Å². The van der Waals surface area contributed by atoms with Gasteiger partial charge in [0.15, 0.2) is 0 Å². The van der Waals surface area contributed by atoms with E-state index in [1.807, 2.05) is 6.33 Å². The van der Waals surface area contributed by atoms with Gasteiger partial charge in [-0.3, -0.25) is 0 Å². The first-order valence-corrected chi connectivity index (χ1v) is 7.78. The fourth-order valence-corrected chi connectivity index (χ4v) is 3.44. The van der Waals surface area contributed by atoms with Gasteiger partial charge >= 0.3 is 0 Å². The Balaban J connectivity index is 2.22. The Bertz CT molecular complexity index is 408. The van der Waals surface area contributed by atoms with Crippen molar-refractivity contribution in [1.82, 2.24) is 14.9 Å². The second kappa shape index (κ2) is 6.08. The van der Waals surface area contributed by atoms with Gasteiger partial charge in [-0.1, -0.05) is 20.8 Å². The van der Waals surface area contributed by atoms with E-state index in [1.165, 1.54) is 30.7 Å². The summed E-state index contributed by atoms with van der Waals surface area (Å²) in [5, 5.41) is 3.68. The molecule has 1 aromatic rings. The highest BCUT2D eigenvalue weighted by atomic mass is 15.1. The molecule has 0 amide bonds.